The van der Waals surface area contributed by atoms with E-state index in [4.69, 9.17) is 5.11 Å². The van der Waals surface area contributed by atoms with E-state index in [2.05, 4.69) is 5.32 Å². The SMILES string of the molecule is CCCCCNc1ccc(C(=O)O)c(F)c1F. The summed E-state index contributed by atoms with van der Waals surface area (Å²) >= 11 is 0. The number of nitrogens with one attached hydrogen (secondary N) is 1. The number of carbonyl (C=O) groups is 1. The van der Waals surface area contributed by atoms with Crippen molar-refractivity contribution in [2.45, 2.75) is 26.2 Å². The zero-order chi connectivity index (χ0) is 12.8. The van der Waals surface area contributed by atoms with Crippen molar-refractivity contribution in [2.75, 3.05) is 11.9 Å². The van der Waals surface area contributed by atoms with Crippen LogP contribution >= 0.6 is 0 Å². The second kappa shape index (κ2) is 6.18. The highest BCUT2D eigenvalue weighted by Gasteiger charge is 2.17. The van der Waals surface area contributed by atoms with Crippen LogP contribution in [0.1, 0.15) is 36.5 Å². The second-order valence-electron chi connectivity index (χ2n) is 3.73. The molecule has 5 heteroatoms. The zero-order valence-electron chi connectivity index (χ0n) is 9.59. The fourth-order valence-corrected chi connectivity index (χ4v) is 1.45. The van der Waals surface area contributed by atoms with Crippen LogP contribution in [0.2, 0.25) is 0 Å². The van der Waals surface area contributed by atoms with E-state index in [1.807, 2.05) is 6.92 Å². The summed E-state index contributed by atoms with van der Waals surface area (Å²) < 4.78 is 26.7. The summed E-state index contributed by atoms with van der Waals surface area (Å²) in [5.41, 5.74) is -0.648. The molecule has 0 heterocycles. The van der Waals surface area contributed by atoms with Crippen molar-refractivity contribution in [3.8, 4) is 0 Å². The standard InChI is InChI=1S/C12H15F2NO2/c1-2-3-4-7-15-9-6-5-8(12(16)17)10(13)11(9)14/h5-6,15H,2-4,7H2,1H3,(H,16,17). The minimum atomic E-state index is -1.47. The molecule has 94 valence electrons. The van der Waals surface area contributed by atoms with Crippen LogP contribution in [0.5, 0.6) is 0 Å². The van der Waals surface area contributed by atoms with Crippen LogP contribution in [0.3, 0.4) is 0 Å². The average molecular weight is 243 g/mol. The van der Waals surface area contributed by atoms with E-state index in [-0.39, 0.29) is 5.69 Å². The number of carboxylic acids is 1. The zero-order valence-corrected chi connectivity index (χ0v) is 9.59. The smallest absolute Gasteiger partial charge is 0.338 e. The highest BCUT2D eigenvalue weighted by Crippen LogP contribution is 2.20. The van der Waals surface area contributed by atoms with Crippen molar-refractivity contribution in [3.63, 3.8) is 0 Å². The number of hydrogen-bond acceptors (Lipinski definition) is 2. The maximum Gasteiger partial charge on any atom is 0.338 e. The number of carboxylic acid groups (broad SMARTS) is 1. The number of rotatable bonds is 6. The van der Waals surface area contributed by atoms with Gasteiger partial charge in [0, 0.05) is 6.54 Å². The molecule has 0 aliphatic rings. The fourth-order valence-electron chi connectivity index (χ4n) is 1.45. The van der Waals surface area contributed by atoms with Crippen molar-refractivity contribution in [3.05, 3.63) is 29.3 Å². The van der Waals surface area contributed by atoms with Gasteiger partial charge in [0.2, 0.25) is 0 Å². The van der Waals surface area contributed by atoms with Crippen molar-refractivity contribution < 1.29 is 18.7 Å². The molecule has 0 amide bonds. The minimum Gasteiger partial charge on any atom is -0.478 e. The van der Waals surface area contributed by atoms with Crippen LogP contribution in [0.4, 0.5) is 14.5 Å². The molecule has 0 unspecified atom stereocenters. The molecule has 0 fully saturated rings. The summed E-state index contributed by atoms with van der Waals surface area (Å²) in [4.78, 5) is 10.6. The maximum absolute atomic E-state index is 13.4. The van der Waals surface area contributed by atoms with Gasteiger partial charge in [-0.05, 0) is 18.6 Å². The Kier molecular flexibility index (Phi) is 4.87. The van der Waals surface area contributed by atoms with Gasteiger partial charge >= 0.3 is 5.97 Å². The highest BCUT2D eigenvalue weighted by atomic mass is 19.2. The predicted molar refractivity (Wildman–Crippen MR) is 61.3 cm³/mol. The monoisotopic (exact) mass is 243 g/mol. The van der Waals surface area contributed by atoms with Crippen LogP contribution < -0.4 is 5.32 Å². The minimum absolute atomic E-state index is 0.00334. The number of aromatic carboxylic acids is 1. The van der Waals surface area contributed by atoms with E-state index in [9.17, 15) is 13.6 Å². The van der Waals surface area contributed by atoms with E-state index in [1.54, 1.807) is 0 Å². The number of unbranched alkanes of at least 4 members (excludes halogenated alkanes) is 2. The summed E-state index contributed by atoms with van der Waals surface area (Å²) in [5, 5.41) is 11.3. The molecular formula is C12H15F2NO2. The van der Waals surface area contributed by atoms with Crippen LogP contribution in [0, 0.1) is 11.6 Å². The molecule has 0 saturated heterocycles. The van der Waals surface area contributed by atoms with Gasteiger partial charge in [0.15, 0.2) is 11.6 Å². The lowest BCUT2D eigenvalue weighted by atomic mass is 10.1. The first-order valence-corrected chi connectivity index (χ1v) is 5.53. The summed E-state index contributed by atoms with van der Waals surface area (Å²) in [5.74, 6) is -3.93. The molecule has 1 aromatic carbocycles. The average Bonchev–Trinajstić information content (AvgIpc) is 2.29. The summed E-state index contributed by atoms with van der Waals surface area (Å²) in [7, 11) is 0. The third-order valence-electron chi connectivity index (χ3n) is 2.41. The molecule has 0 aliphatic heterocycles. The number of halogens is 2. The van der Waals surface area contributed by atoms with Gasteiger partial charge in [-0.3, -0.25) is 0 Å². The Morgan fingerprint density at radius 2 is 2.00 bits per heavy atom. The maximum atomic E-state index is 13.4. The van der Waals surface area contributed by atoms with Gasteiger partial charge in [-0.25, -0.2) is 13.6 Å². The molecule has 0 aromatic heterocycles. The lowest BCUT2D eigenvalue weighted by molar-refractivity contribution is 0.0690. The largest absolute Gasteiger partial charge is 0.478 e. The topological polar surface area (TPSA) is 49.3 Å². The van der Waals surface area contributed by atoms with Crippen molar-refractivity contribution in [2.24, 2.45) is 0 Å². The van der Waals surface area contributed by atoms with Gasteiger partial charge in [0.05, 0.1) is 11.3 Å². The number of hydrogen-bond donors (Lipinski definition) is 2. The normalized spacial score (nSPS) is 10.3. The van der Waals surface area contributed by atoms with Crippen molar-refractivity contribution in [1.82, 2.24) is 0 Å². The summed E-state index contributed by atoms with van der Waals surface area (Å²) in [6.07, 6.45) is 2.90. The first-order valence-electron chi connectivity index (χ1n) is 5.53. The lowest BCUT2D eigenvalue weighted by Gasteiger charge is -2.08. The van der Waals surface area contributed by atoms with Crippen LogP contribution in [-0.4, -0.2) is 17.6 Å². The third-order valence-corrected chi connectivity index (χ3v) is 2.41. The van der Waals surface area contributed by atoms with E-state index in [0.29, 0.717) is 6.54 Å². The Morgan fingerprint density at radius 1 is 1.29 bits per heavy atom. The molecule has 17 heavy (non-hydrogen) atoms. The molecule has 0 radical (unpaired) electrons. The van der Waals surface area contributed by atoms with Gasteiger partial charge in [0.1, 0.15) is 0 Å². The second-order valence-corrected chi connectivity index (χ2v) is 3.73. The van der Waals surface area contributed by atoms with E-state index in [1.165, 1.54) is 6.07 Å². The molecule has 3 nitrogen and oxygen atoms in total. The molecule has 0 bridgehead atoms. The van der Waals surface area contributed by atoms with E-state index in [0.717, 1.165) is 25.3 Å². The summed E-state index contributed by atoms with van der Waals surface area (Å²) in [6, 6.07) is 2.30. The predicted octanol–water partition coefficient (Wildman–Crippen LogP) is 3.27. The molecule has 2 N–H and O–H groups in total. The first kappa shape index (κ1) is 13.4. The van der Waals surface area contributed by atoms with Gasteiger partial charge in [-0.15, -0.1) is 0 Å². The van der Waals surface area contributed by atoms with Gasteiger partial charge < -0.3 is 10.4 Å². The molecular weight excluding hydrogens is 228 g/mol. The van der Waals surface area contributed by atoms with Gasteiger partial charge in [-0.2, -0.15) is 0 Å². The van der Waals surface area contributed by atoms with Crippen LogP contribution in [-0.2, 0) is 0 Å². The van der Waals surface area contributed by atoms with Crippen molar-refractivity contribution >= 4 is 11.7 Å². The molecule has 0 atom stereocenters. The van der Waals surface area contributed by atoms with Crippen LogP contribution in [0.15, 0.2) is 12.1 Å². The third kappa shape index (κ3) is 3.41. The molecule has 0 aliphatic carbocycles. The Morgan fingerprint density at radius 3 is 2.59 bits per heavy atom. The Hall–Kier alpha value is -1.65. The van der Waals surface area contributed by atoms with Gasteiger partial charge in [-0.1, -0.05) is 19.8 Å². The fraction of sp³-hybridized carbons (Fsp3) is 0.417. The quantitative estimate of drug-likeness (QED) is 0.754. The molecule has 1 aromatic rings. The van der Waals surface area contributed by atoms with Gasteiger partial charge in [0.25, 0.3) is 0 Å². The first-order chi connectivity index (χ1) is 8.07. The number of benzene rings is 1. The Labute approximate surface area is 98.5 Å². The van der Waals surface area contributed by atoms with E-state index >= 15 is 0 Å². The lowest BCUT2D eigenvalue weighted by Crippen LogP contribution is -2.08. The van der Waals surface area contributed by atoms with Crippen molar-refractivity contribution in [1.29, 1.82) is 0 Å². The Bertz CT molecular complexity index is 408. The van der Waals surface area contributed by atoms with E-state index < -0.39 is 23.2 Å². The summed E-state index contributed by atoms with van der Waals surface area (Å²) in [6.45, 7) is 2.58. The molecule has 1 rings (SSSR count). The number of anilines is 1. The van der Waals surface area contributed by atoms with Crippen LogP contribution in [0.25, 0.3) is 0 Å². The Balaban J connectivity index is 2.75. The molecule has 0 saturated carbocycles. The molecule has 0 spiro atoms. The highest BCUT2D eigenvalue weighted by molar-refractivity contribution is 5.88.